The smallest absolute Gasteiger partial charge is 0.191 e. The van der Waals surface area contributed by atoms with Crippen LogP contribution < -0.4 is 15.4 Å². The van der Waals surface area contributed by atoms with Gasteiger partial charge in [-0.15, -0.1) is 24.0 Å². The number of halogens is 1. The summed E-state index contributed by atoms with van der Waals surface area (Å²) in [6.45, 7) is 11.2. The molecule has 1 aliphatic rings. The lowest BCUT2D eigenvalue weighted by Crippen LogP contribution is -2.49. The summed E-state index contributed by atoms with van der Waals surface area (Å²) in [5.41, 5.74) is 0.835. The maximum Gasteiger partial charge on any atom is 0.191 e. The summed E-state index contributed by atoms with van der Waals surface area (Å²) in [5, 5.41) is 17.3. The number of nitrogens with zero attached hydrogens (tertiary/aromatic N) is 2. The van der Waals surface area contributed by atoms with E-state index in [1.54, 1.807) is 7.11 Å². The molecule has 1 fully saturated rings. The highest BCUT2D eigenvalue weighted by molar-refractivity contribution is 14.0. The van der Waals surface area contributed by atoms with E-state index in [9.17, 15) is 5.11 Å². The highest BCUT2D eigenvalue weighted by Gasteiger charge is 2.20. The maximum absolute atomic E-state index is 10.4. The van der Waals surface area contributed by atoms with Crippen molar-refractivity contribution in [2.75, 3.05) is 46.4 Å². The Bertz CT molecular complexity index is 605. The zero-order valence-corrected chi connectivity index (χ0v) is 21.1. The third kappa shape index (κ3) is 9.80. The van der Waals surface area contributed by atoms with Crippen LogP contribution in [-0.2, 0) is 4.74 Å². The second-order valence-corrected chi connectivity index (χ2v) is 7.69. The average molecular weight is 534 g/mol. The number of aliphatic hydroxyl groups is 1. The fraction of sp³-hybridized carbons (Fsp3) is 0.682. The largest absolute Gasteiger partial charge is 0.497 e. The van der Waals surface area contributed by atoms with Gasteiger partial charge in [-0.1, -0.05) is 12.1 Å². The lowest BCUT2D eigenvalue weighted by molar-refractivity contribution is 0.0532. The number of nitrogens with one attached hydrogen (secondary N) is 2. The summed E-state index contributed by atoms with van der Waals surface area (Å²) in [7, 11) is 1.63. The van der Waals surface area contributed by atoms with Gasteiger partial charge in [-0.25, -0.2) is 0 Å². The predicted octanol–water partition coefficient (Wildman–Crippen LogP) is 2.79. The van der Waals surface area contributed by atoms with Gasteiger partial charge >= 0.3 is 0 Å². The van der Waals surface area contributed by atoms with Crippen molar-refractivity contribution < 1.29 is 14.6 Å². The molecule has 0 spiro atoms. The second-order valence-electron chi connectivity index (χ2n) is 7.69. The van der Waals surface area contributed by atoms with E-state index in [1.165, 1.54) is 0 Å². The molecule has 7 nitrogen and oxygen atoms in total. The Kier molecular flexibility index (Phi) is 13.3. The monoisotopic (exact) mass is 534 g/mol. The van der Waals surface area contributed by atoms with Gasteiger partial charge in [0.05, 0.1) is 32.5 Å². The topological polar surface area (TPSA) is 78.4 Å². The van der Waals surface area contributed by atoms with E-state index >= 15 is 0 Å². The third-order valence-electron chi connectivity index (χ3n) is 5.05. The Balaban J connectivity index is 0.00000450. The molecule has 0 amide bonds. The average Bonchev–Trinajstić information content (AvgIpc) is 2.73. The van der Waals surface area contributed by atoms with Gasteiger partial charge in [0.25, 0.3) is 0 Å². The van der Waals surface area contributed by atoms with Crippen molar-refractivity contribution in [1.82, 2.24) is 15.5 Å². The van der Waals surface area contributed by atoms with Crippen molar-refractivity contribution in [3.05, 3.63) is 29.8 Å². The Morgan fingerprint density at radius 2 is 1.90 bits per heavy atom. The number of guanidine groups is 1. The van der Waals surface area contributed by atoms with E-state index < -0.39 is 6.10 Å². The number of aliphatic imine (C=N–C) groups is 1. The first-order chi connectivity index (χ1) is 14.0. The van der Waals surface area contributed by atoms with Gasteiger partial charge in [-0.3, -0.25) is 4.99 Å². The standard InChI is InChI=1S/C22H38N4O3.HI/c1-5-23-22(24-16-21(27)18-6-8-20(28-4)9-7-18)25-19-10-12-26(13-11-19)14-15-29-17(2)3;/h6-9,17,19,21,27H,5,10-16H2,1-4H3,(H2,23,24,25);1H. The molecule has 2 rings (SSSR count). The number of ether oxygens (including phenoxy) is 2. The van der Waals surface area contributed by atoms with Crippen LogP contribution >= 0.6 is 24.0 Å². The van der Waals surface area contributed by atoms with Gasteiger partial charge in [-0.2, -0.15) is 0 Å². The molecule has 1 heterocycles. The Morgan fingerprint density at radius 1 is 1.23 bits per heavy atom. The number of piperidine rings is 1. The predicted molar refractivity (Wildman–Crippen MR) is 133 cm³/mol. The molecule has 8 heteroatoms. The van der Waals surface area contributed by atoms with E-state index in [0.29, 0.717) is 18.7 Å². The van der Waals surface area contributed by atoms with Crippen molar-refractivity contribution in [2.24, 2.45) is 4.99 Å². The summed E-state index contributed by atoms with van der Waals surface area (Å²) in [6, 6.07) is 7.85. The molecule has 1 saturated heterocycles. The summed E-state index contributed by atoms with van der Waals surface area (Å²) >= 11 is 0. The zero-order valence-electron chi connectivity index (χ0n) is 18.8. The maximum atomic E-state index is 10.4. The van der Waals surface area contributed by atoms with E-state index in [-0.39, 0.29) is 24.0 Å². The van der Waals surface area contributed by atoms with Crippen molar-refractivity contribution in [3.63, 3.8) is 0 Å². The third-order valence-corrected chi connectivity index (χ3v) is 5.05. The van der Waals surface area contributed by atoms with Crippen LogP contribution in [0.15, 0.2) is 29.3 Å². The fourth-order valence-corrected chi connectivity index (χ4v) is 3.34. The molecule has 1 aromatic carbocycles. The molecule has 0 saturated carbocycles. The second kappa shape index (κ2) is 14.8. The summed E-state index contributed by atoms with van der Waals surface area (Å²) in [6.07, 6.45) is 1.81. The normalized spacial score (nSPS) is 16.8. The van der Waals surface area contributed by atoms with Gasteiger partial charge < -0.3 is 30.1 Å². The van der Waals surface area contributed by atoms with Gasteiger partial charge in [0.1, 0.15) is 5.75 Å². The number of benzene rings is 1. The minimum Gasteiger partial charge on any atom is -0.497 e. The molecular formula is C22H39IN4O3. The van der Waals surface area contributed by atoms with Gasteiger partial charge in [0.2, 0.25) is 0 Å². The number of hydrogen-bond donors (Lipinski definition) is 3. The summed E-state index contributed by atoms with van der Waals surface area (Å²) in [5.74, 6) is 1.54. The highest BCUT2D eigenvalue weighted by Crippen LogP contribution is 2.18. The first-order valence-electron chi connectivity index (χ1n) is 10.7. The minimum atomic E-state index is -0.640. The van der Waals surface area contributed by atoms with Crippen molar-refractivity contribution in [3.8, 4) is 5.75 Å². The molecule has 30 heavy (non-hydrogen) atoms. The molecule has 0 bridgehead atoms. The lowest BCUT2D eigenvalue weighted by atomic mass is 10.1. The number of likely N-dealkylation sites (tertiary alicyclic amines) is 1. The van der Waals surface area contributed by atoms with Crippen LogP contribution in [0.25, 0.3) is 0 Å². The van der Waals surface area contributed by atoms with Crippen LogP contribution in [0.3, 0.4) is 0 Å². The quantitative estimate of drug-likeness (QED) is 0.244. The molecule has 172 valence electrons. The van der Waals surface area contributed by atoms with Crippen molar-refractivity contribution in [2.45, 2.75) is 51.9 Å². The van der Waals surface area contributed by atoms with Crippen LogP contribution in [0.5, 0.6) is 5.75 Å². The molecular weight excluding hydrogens is 495 g/mol. The molecule has 1 aromatic rings. The first kappa shape index (κ1) is 26.9. The zero-order chi connectivity index (χ0) is 21.1. The molecule has 3 N–H and O–H groups in total. The van der Waals surface area contributed by atoms with E-state index in [2.05, 4.69) is 41.3 Å². The fourth-order valence-electron chi connectivity index (χ4n) is 3.34. The number of rotatable bonds is 10. The van der Waals surface area contributed by atoms with Crippen molar-refractivity contribution in [1.29, 1.82) is 0 Å². The Hall–Kier alpha value is -1.10. The molecule has 1 atom stereocenters. The number of aliphatic hydroxyl groups excluding tert-OH is 1. The van der Waals surface area contributed by atoms with Crippen LogP contribution in [0.1, 0.15) is 45.3 Å². The summed E-state index contributed by atoms with van der Waals surface area (Å²) in [4.78, 5) is 7.05. The molecule has 1 aliphatic heterocycles. The molecule has 0 aromatic heterocycles. The molecule has 0 radical (unpaired) electrons. The van der Waals surface area contributed by atoms with E-state index in [0.717, 1.165) is 62.9 Å². The number of hydrogen-bond acceptors (Lipinski definition) is 5. The van der Waals surface area contributed by atoms with Crippen LogP contribution in [0.2, 0.25) is 0 Å². The van der Waals surface area contributed by atoms with E-state index in [4.69, 9.17) is 9.47 Å². The SMILES string of the molecule is CCNC(=NCC(O)c1ccc(OC)cc1)NC1CCN(CCOC(C)C)CC1.I. The van der Waals surface area contributed by atoms with Crippen molar-refractivity contribution >= 4 is 29.9 Å². The minimum absolute atomic E-state index is 0. The van der Waals surface area contributed by atoms with Crippen LogP contribution in [0.4, 0.5) is 0 Å². The Labute approximate surface area is 198 Å². The molecule has 1 unspecified atom stereocenters. The lowest BCUT2D eigenvalue weighted by Gasteiger charge is -2.33. The van der Waals surface area contributed by atoms with Crippen LogP contribution in [0, 0.1) is 0 Å². The van der Waals surface area contributed by atoms with Crippen LogP contribution in [-0.4, -0.2) is 74.6 Å². The van der Waals surface area contributed by atoms with Gasteiger partial charge in [0, 0.05) is 32.2 Å². The van der Waals surface area contributed by atoms with Gasteiger partial charge in [0.15, 0.2) is 5.96 Å². The van der Waals surface area contributed by atoms with Gasteiger partial charge in [-0.05, 0) is 51.3 Å². The first-order valence-corrected chi connectivity index (χ1v) is 10.7. The number of methoxy groups -OCH3 is 1. The summed E-state index contributed by atoms with van der Waals surface area (Å²) < 4.78 is 10.8. The highest BCUT2D eigenvalue weighted by atomic mass is 127. The molecule has 0 aliphatic carbocycles. The van der Waals surface area contributed by atoms with E-state index in [1.807, 2.05) is 24.3 Å². The Morgan fingerprint density at radius 3 is 2.47 bits per heavy atom.